The molecule has 2 amide bonds. The van der Waals surface area contributed by atoms with E-state index in [0.717, 1.165) is 0 Å². The molecule has 45 heavy (non-hydrogen) atoms. The van der Waals surface area contributed by atoms with Crippen molar-refractivity contribution in [2.75, 3.05) is 13.7 Å². The maximum atomic E-state index is 13.4. The standard InChI is InChI=1S/C26H35F3N4O5.C2HF3O2/c1-24(2)13-21(34)33(23(30)32-24)19(8-9-36-5)16-11-17(16)22(35)31-18-12-25(3,4)38-20-10-14(6-7-15(18)20)37-26(27,28)29;3-2(4,5)1(6)7/h6-7,10,16-19H,8-9,11-13H2,1-5H3,(H2,30,32)(H,31,35);(H,6,7)/t16-,17-,18?,19-;/m1./s1. The Kier molecular flexibility index (Phi) is 10.3. The molecule has 0 radical (unpaired) electrons. The third kappa shape index (κ3) is 9.61. The van der Waals surface area contributed by atoms with Crippen LogP contribution < -0.4 is 20.5 Å². The minimum atomic E-state index is -5.08. The molecular weight excluding hydrogens is 618 g/mol. The number of carboxylic acid groups (broad SMARTS) is 1. The lowest BCUT2D eigenvalue weighted by Crippen LogP contribution is -2.55. The molecule has 0 aromatic heterocycles. The summed E-state index contributed by atoms with van der Waals surface area (Å²) in [6.45, 7) is 7.69. The summed E-state index contributed by atoms with van der Waals surface area (Å²) in [5, 5.41) is 10.2. The summed E-state index contributed by atoms with van der Waals surface area (Å²) in [5.74, 6) is -3.58. The van der Waals surface area contributed by atoms with Crippen LogP contribution >= 0.6 is 0 Å². The van der Waals surface area contributed by atoms with E-state index in [9.17, 15) is 35.9 Å². The topological polar surface area (TPSA) is 153 Å². The third-order valence-electron chi connectivity index (χ3n) is 7.37. The Labute approximate surface area is 255 Å². The molecule has 4 N–H and O–H groups in total. The van der Waals surface area contributed by atoms with Gasteiger partial charge in [-0.1, -0.05) is 0 Å². The van der Waals surface area contributed by atoms with Crippen molar-refractivity contribution in [3.63, 3.8) is 0 Å². The number of fused-ring (bicyclic) bond motifs is 1. The highest BCUT2D eigenvalue weighted by atomic mass is 19.4. The Balaban J connectivity index is 0.000000707. The zero-order chi connectivity index (χ0) is 34.1. The molecule has 1 aromatic rings. The van der Waals surface area contributed by atoms with E-state index in [1.165, 1.54) is 23.1 Å². The van der Waals surface area contributed by atoms with Crippen molar-refractivity contribution in [1.29, 1.82) is 0 Å². The number of benzene rings is 1. The number of carbonyl (C=O) groups excluding carboxylic acids is 2. The van der Waals surface area contributed by atoms with E-state index in [0.29, 0.717) is 31.4 Å². The summed E-state index contributed by atoms with van der Waals surface area (Å²) >= 11 is 0. The number of carboxylic acids is 1. The number of hydrogen-bond donors (Lipinski definition) is 3. The summed E-state index contributed by atoms with van der Waals surface area (Å²) < 4.78 is 85.0. The normalized spacial score (nSPS) is 24.2. The summed E-state index contributed by atoms with van der Waals surface area (Å²) in [5.41, 5.74) is 5.46. The highest BCUT2D eigenvalue weighted by molar-refractivity contribution is 5.99. The number of ether oxygens (including phenoxy) is 3. The first kappa shape index (κ1) is 35.7. The molecule has 4 rings (SSSR count). The van der Waals surface area contributed by atoms with E-state index in [1.807, 2.05) is 13.8 Å². The van der Waals surface area contributed by atoms with Crippen LogP contribution in [-0.2, 0) is 19.1 Å². The third-order valence-corrected chi connectivity index (χ3v) is 7.37. The van der Waals surface area contributed by atoms with E-state index >= 15 is 0 Å². The van der Waals surface area contributed by atoms with Crippen LogP contribution in [0.25, 0.3) is 0 Å². The number of halogens is 6. The van der Waals surface area contributed by atoms with Gasteiger partial charge in [0.15, 0.2) is 5.96 Å². The molecule has 1 aliphatic carbocycles. The summed E-state index contributed by atoms with van der Waals surface area (Å²) in [7, 11) is 1.57. The Morgan fingerprint density at radius 1 is 1.20 bits per heavy atom. The molecule has 1 unspecified atom stereocenters. The predicted molar refractivity (Wildman–Crippen MR) is 146 cm³/mol. The smallest absolute Gasteiger partial charge is 0.487 e. The van der Waals surface area contributed by atoms with Gasteiger partial charge < -0.3 is 30.4 Å². The van der Waals surface area contributed by atoms with Crippen molar-refractivity contribution in [3.8, 4) is 11.5 Å². The molecule has 252 valence electrons. The van der Waals surface area contributed by atoms with Gasteiger partial charge in [0.1, 0.15) is 17.1 Å². The molecular formula is C28H36F6N4O7. The first-order chi connectivity index (χ1) is 20.5. The van der Waals surface area contributed by atoms with Gasteiger partial charge in [-0.25, -0.2) is 9.79 Å². The lowest BCUT2D eigenvalue weighted by Gasteiger charge is -2.38. The van der Waals surface area contributed by atoms with Gasteiger partial charge in [0, 0.05) is 43.7 Å². The first-order valence-corrected chi connectivity index (χ1v) is 13.9. The molecule has 1 fully saturated rings. The number of nitrogens with one attached hydrogen (secondary N) is 1. The van der Waals surface area contributed by atoms with Crippen molar-refractivity contribution in [3.05, 3.63) is 23.8 Å². The molecule has 1 aromatic carbocycles. The Hall–Kier alpha value is -3.76. The van der Waals surface area contributed by atoms with Crippen LogP contribution in [0, 0.1) is 11.8 Å². The number of carbonyl (C=O) groups is 3. The Morgan fingerprint density at radius 3 is 2.36 bits per heavy atom. The Bertz CT molecular complexity index is 1320. The van der Waals surface area contributed by atoms with Gasteiger partial charge in [0.2, 0.25) is 11.8 Å². The van der Waals surface area contributed by atoms with Gasteiger partial charge in [-0.2, -0.15) is 13.2 Å². The monoisotopic (exact) mass is 654 g/mol. The molecule has 17 heteroatoms. The van der Waals surface area contributed by atoms with Crippen LogP contribution in [0.1, 0.15) is 65.0 Å². The largest absolute Gasteiger partial charge is 0.573 e. The van der Waals surface area contributed by atoms with E-state index in [-0.39, 0.29) is 47.8 Å². The molecule has 2 heterocycles. The second-order valence-corrected chi connectivity index (χ2v) is 12.3. The second-order valence-electron chi connectivity index (χ2n) is 12.3. The van der Waals surface area contributed by atoms with E-state index < -0.39 is 41.4 Å². The first-order valence-electron chi connectivity index (χ1n) is 13.9. The minimum absolute atomic E-state index is 0.126. The number of amides is 2. The van der Waals surface area contributed by atoms with Crippen molar-refractivity contribution in [2.45, 2.75) is 89.1 Å². The van der Waals surface area contributed by atoms with E-state index in [4.69, 9.17) is 25.1 Å². The fourth-order valence-corrected chi connectivity index (χ4v) is 5.49. The van der Waals surface area contributed by atoms with Crippen molar-refractivity contribution in [1.82, 2.24) is 10.2 Å². The predicted octanol–water partition coefficient (Wildman–Crippen LogP) is 4.30. The fraction of sp³-hybridized carbons (Fsp3) is 0.643. The SMILES string of the molecule is COCC[C@H]([C@@H]1C[C@H]1C(=O)NC1CC(C)(C)Oc2cc(OC(F)(F)F)ccc21)N1C(=O)CC(C)(C)N=C1N.O=C(O)C(F)(F)F. The quantitative estimate of drug-likeness (QED) is 0.351. The average molecular weight is 655 g/mol. The van der Waals surface area contributed by atoms with Crippen molar-refractivity contribution < 1.29 is 60.0 Å². The van der Waals surface area contributed by atoms with Gasteiger partial charge in [0.05, 0.1) is 18.0 Å². The number of methoxy groups -OCH3 is 1. The number of nitrogens with zero attached hydrogens (tertiary/aromatic N) is 2. The number of hydrogen-bond acceptors (Lipinski definition) is 8. The van der Waals surface area contributed by atoms with Crippen molar-refractivity contribution in [2.24, 2.45) is 22.6 Å². The maximum absolute atomic E-state index is 13.4. The second kappa shape index (κ2) is 12.9. The van der Waals surface area contributed by atoms with Gasteiger partial charge in [-0.05, 0) is 58.6 Å². The van der Waals surface area contributed by atoms with Crippen LogP contribution in [-0.4, -0.2) is 77.2 Å². The van der Waals surface area contributed by atoms with Crippen LogP contribution in [0.4, 0.5) is 26.3 Å². The van der Waals surface area contributed by atoms with Crippen LogP contribution in [0.5, 0.6) is 11.5 Å². The van der Waals surface area contributed by atoms with Crippen LogP contribution in [0.15, 0.2) is 23.2 Å². The molecule has 0 spiro atoms. The van der Waals surface area contributed by atoms with Gasteiger partial charge in [0.25, 0.3) is 0 Å². The fourth-order valence-electron chi connectivity index (χ4n) is 5.49. The lowest BCUT2D eigenvalue weighted by molar-refractivity contribution is -0.274. The molecule has 3 aliphatic rings. The summed E-state index contributed by atoms with van der Waals surface area (Å²) in [6, 6.07) is 3.07. The molecule has 11 nitrogen and oxygen atoms in total. The number of guanidine groups is 1. The highest BCUT2D eigenvalue weighted by Gasteiger charge is 2.52. The highest BCUT2D eigenvalue weighted by Crippen LogP contribution is 2.47. The summed E-state index contributed by atoms with van der Waals surface area (Å²) in [4.78, 5) is 41.3. The number of aliphatic imine (C=N–C) groups is 1. The molecule has 0 bridgehead atoms. The van der Waals surface area contributed by atoms with Crippen molar-refractivity contribution >= 4 is 23.7 Å². The zero-order valence-electron chi connectivity index (χ0n) is 25.2. The molecule has 2 aliphatic heterocycles. The minimum Gasteiger partial charge on any atom is -0.487 e. The number of nitrogens with two attached hydrogens (primary N) is 1. The number of aliphatic carboxylic acids is 1. The summed E-state index contributed by atoms with van der Waals surface area (Å²) in [6.07, 6.45) is -8.20. The molecule has 4 atom stereocenters. The van der Waals surface area contributed by atoms with Gasteiger partial charge >= 0.3 is 18.5 Å². The molecule has 1 saturated carbocycles. The Morgan fingerprint density at radius 2 is 1.82 bits per heavy atom. The number of alkyl halides is 6. The lowest BCUT2D eigenvalue weighted by atomic mass is 9.89. The van der Waals surface area contributed by atoms with Gasteiger partial charge in [-0.15, -0.1) is 13.2 Å². The van der Waals surface area contributed by atoms with E-state index in [1.54, 1.807) is 21.0 Å². The van der Waals surface area contributed by atoms with Crippen LogP contribution in [0.3, 0.4) is 0 Å². The molecule has 0 saturated heterocycles. The van der Waals surface area contributed by atoms with Crippen LogP contribution in [0.2, 0.25) is 0 Å². The number of rotatable bonds is 8. The zero-order valence-corrected chi connectivity index (χ0v) is 25.2. The van der Waals surface area contributed by atoms with Gasteiger partial charge in [-0.3, -0.25) is 14.5 Å². The average Bonchev–Trinajstić information content (AvgIpc) is 3.63. The van der Waals surface area contributed by atoms with E-state index in [2.05, 4.69) is 15.0 Å². The maximum Gasteiger partial charge on any atom is 0.573 e.